The standard InChI is InChI=1S/C22H23BrN4O3/c1-3-25-22-17(13(2)28)8-9-27(22)20-7-6-16(30-20)12-29-15-5-4-14-10-18(23)21(24)26-19(14)11-15/h3-5,8-11,16,20,28H,1,6-7,12H2,2H3,(H2,24,26)/b17-13+,25-22+. The fraction of sp³-hybridized carbons (Fsp3) is 0.273. The molecule has 30 heavy (non-hydrogen) atoms. The maximum Gasteiger partial charge on any atom is 0.145 e. The van der Waals surface area contributed by atoms with Gasteiger partial charge in [-0.15, -0.1) is 0 Å². The zero-order valence-corrected chi connectivity index (χ0v) is 18.2. The number of anilines is 1. The number of hydrogen-bond acceptors (Lipinski definition) is 6. The first-order valence-electron chi connectivity index (χ1n) is 9.65. The van der Waals surface area contributed by atoms with Gasteiger partial charge in [0.1, 0.15) is 36.0 Å². The highest BCUT2D eigenvalue weighted by Gasteiger charge is 2.34. The van der Waals surface area contributed by atoms with Crippen LogP contribution in [-0.4, -0.2) is 39.8 Å². The Kier molecular flexibility index (Phi) is 5.78. The van der Waals surface area contributed by atoms with E-state index >= 15 is 0 Å². The summed E-state index contributed by atoms with van der Waals surface area (Å²) in [4.78, 5) is 10.6. The SMILES string of the molecule is C=C/N=C1\C(=C(/C)O)C=CN1C1CCC(COc2ccc3cc(Br)c(N)nc3c2)O1. The molecule has 0 amide bonds. The third kappa shape index (κ3) is 4.06. The maximum absolute atomic E-state index is 9.89. The quantitative estimate of drug-likeness (QED) is 0.616. The normalized spacial score (nSPS) is 24.1. The molecule has 1 aromatic heterocycles. The molecule has 3 N–H and O–H groups in total. The third-order valence-corrected chi connectivity index (χ3v) is 5.73. The van der Waals surface area contributed by atoms with Crippen LogP contribution in [-0.2, 0) is 4.74 Å². The molecule has 7 nitrogen and oxygen atoms in total. The van der Waals surface area contributed by atoms with Crippen molar-refractivity contribution in [2.45, 2.75) is 32.1 Å². The summed E-state index contributed by atoms with van der Waals surface area (Å²) in [6.45, 7) is 5.74. The molecule has 2 atom stereocenters. The van der Waals surface area contributed by atoms with E-state index in [9.17, 15) is 5.11 Å². The van der Waals surface area contributed by atoms with E-state index in [1.807, 2.05) is 41.4 Å². The van der Waals surface area contributed by atoms with Gasteiger partial charge in [-0.2, -0.15) is 0 Å². The van der Waals surface area contributed by atoms with Crippen molar-refractivity contribution in [2.24, 2.45) is 4.99 Å². The fourth-order valence-electron chi connectivity index (χ4n) is 3.61. The Hall–Kier alpha value is -2.84. The van der Waals surface area contributed by atoms with Gasteiger partial charge >= 0.3 is 0 Å². The lowest BCUT2D eigenvalue weighted by Crippen LogP contribution is -2.35. The summed E-state index contributed by atoms with van der Waals surface area (Å²) in [7, 11) is 0. The number of nitrogens with two attached hydrogens (primary N) is 1. The molecule has 1 aromatic carbocycles. The summed E-state index contributed by atoms with van der Waals surface area (Å²) in [6, 6.07) is 7.69. The number of halogens is 1. The van der Waals surface area contributed by atoms with Crippen molar-refractivity contribution in [3.63, 3.8) is 0 Å². The Morgan fingerprint density at radius 2 is 2.30 bits per heavy atom. The molecule has 3 heterocycles. The summed E-state index contributed by atoms with van der Waals surface area (Å²) in [6.07, 6.45) is 6.65. The number of nitrogens with zero attached hydrogens (tertiary/aromatic N) is 3. The van der Waals surface area contributed by atoms with Crippen molar-refractivity contribution in [3.05, 3.63) is 65.1 Å². The lowest BCUT2D eigenvalue weighted by atomic mass is 10.2. The summed E-state index contributed by atoms with van der Waals surface area (Å²) < 4.78 is 12.9. The van der Waals surface area contributed by atoms with Gasteiger partial charge in [-0.1, -0.05) is 6.58 Å². The number of amidine groups is 1. The Balaban J connectivity index is 1.40. The molecule has 0 spiro atoms. The van der Waals surface area contributed by atoms with Gasteiger partial charge in [0.05, 0.1) is 21.7 Å². The number of aliphatic hydroxyl groups is 1. The van der Waals surface area contributed by atoms with Gasteiger partial charge in [0.15, 0.2) is 0 Å². The van der Waals surface area contributed by atoms with Crippen LogP contribution in [0.5, 0.6) is 5.75 Å². The van der Waals surface area contributed by atoms with Gasteiger partial charge in [-0.25, -0.2) is 9.98 Å². The predicted molar refractivity (Wildman–Crippen MR) is 121 cm³/mol. The highest BCUT2D eigenvalue weighted by Crippen LogP contribution is 2.30. The molecule has 4 rings (SSSR count). The molecule has 0 aliphatic carbocycles. The van der Waals surface area contributed by atoms with E-state index in [0.29, 0.717) is 23.8 Å². The topological polar surface area (TPSA) is 93.2 Å². The minimum atomic E-state index is -0.166. The first-order chi connectivity index (χ1) is 14.5. The number of aromatic nitrogens is 1. The molecular weight excluding hydrogens is 448 g/mol. The number of pyridine rings is 1. The number of allylic oxidation sites excluding steroid dienone is 1. The van der Waals surface area contributed by atoms with Crippen molar-refractivity contribution in [1.29, 1.82) is 0 Å². The molecule has 0 bridgehead atoms. The molecular formula is C22H23BrN4O3. The zero-order valence-electron chi connectivity index (χ0n) is 16.6. The lowest BCUT2D eigenvalue weighted by Gasteiger charge is -2.25. The number of nitrogen functional groups attached to an aromatic ring is 1. The summed E-state index contributed by atoms with van der Waals surface area (Å²) in [5.74, 6) is 2.02. The number of rotatable bonds is 5. The monoisotopic (exact) mass is 470 g/mol. The number of benzene rings is 1. The average Bonchev–Trinajstić information content (AvgIpc) is 3.34. The van der Waals surface area contributed by atoms with Crippen LogP contribution in [0.3, 0.4) is 0 Å². The van der Waals surface area contributed by atoms with Crippen molar-refractivity contribution in [3.8, 4) is 5.75 Å². The Labute approximate surface area is 183 Å². The highest BCUT2D eigenvalue weighted by molar-refractivity contribution is 9.10. The first kappa shape index (κ1) is 20.4. The molecule has 0 saturated carbocycles. The molecule has 1 fully saturated rings. The van der Waals surface area contributed by atoms with Gasteiger partial charge in [0.25, 0.3) is 0 Å². The number of aliphatic hydroxyl groups excluding tert-OH is 1. The number of hydrogen-bond donors (Lipinski definition) is 2. The van der Waals surface area contributed by atoms with Crippen LogP contribution in [0, 0.1) is 0 Å². The number of fused-ring (bicyclic) bond motifs is 1. The van der Waals surface area contributed by atoms with Gasteiger partial charge in [0.2, 0.25) is 0 Å². The molecule has 0 radical (unpaired) electrons. The second-order valence-corrected chi connectivity index (χ2v) is 8.02. The Bertz CT molecular complexity index is 1080. The van der Waals surface area contributed by atoms with Crippen molar-refractivity contribution >= 4 is 38.5 Å². The summed E-state index contributed by atoms with van der Waals surface area (Å²) in [5.41, 5.74) is 7.34. The van der Waals surface area contributed by atoms with E-state index < -0.39 is 0 Å². The number of aliphatic imine (C=N–C) groups is 1. The molecule has 8 heteroatoms. The van der Waals surface area contributed by atoms with Gasteiger partial charge in [0, 0.05) is 23.9 Å². The smallest absolute Gasteiger partial charge is 0.145 e. The summed E-state index contributed by atoms with van der Waals surface area (Å²) >= 11 is 3.39. The van der Waals surface area contributed by atoms with E-state index in [4.69, 9.17) is 15.2 Å². The second kappa shape index (κ2) is 8.49. The maximum atomic E-state index is 9.89. The van der Waals surface area contributed by atoms with Crippen LogP contribution < -0.4 is 10.5 Å². The van der Waals surface area contributed by atoms with Crippen LogP contribution in [0.15, 0.2) is 70.1 Å². The Morgan fingerprint density at radius 3 is 3.07 bits per heavy atom. The van der Waals surface area contributed by atoms with Crippen LogP contribution in [0.1, 0.15) is 19.8 Å². The van der Waals surface area contributed by atoms with E-state index in [1.165, 1.54) is 6.20 Å². The van der Waals surface area contributed by atoms with E-state index in [2.05, 4.69) is 32.5 Å². The van der Waals surface area contributed by atoms with Crippen molar-refractivity contribution in [2.75, 3.05) is 12.3 Å². The largest absolute Gasteiger partial charge is 0.512 e. The molecule has 2 aromatic rings. The number of ether oxygens (including phenoxy) is 2. The van der Waals surface area contributed by atoms with E-state index in [1.54, 1.807) is 6.92 Å². The van der Waals surface area contributed by atoms with Crippen LogP contribution in [0.2, 0.25) is 0 Å². The summed E-state index contributed by atoms with van der Waals surface area (Å²) in [5, 5.41) is 10.9. The van der Waals surface area contributed by atoms with Gasteiger partial charge in [-0.05, 0) is 60.0 Å². The van der Waals surface area contributed by atoms with Crippen molar-refractivity contribution in [1.82, 2.24) is 9.88 Å². The zero-order chi connectivity index (χ0) is 21.3. The third-order valence-electron chi connectivity index (χ3n) is 5.09. The van der Waals surface area contributed by atoms with Crippen LogP contribution >= 0.6 is 15.9 Å². The molecule has 2 unspecified atom stereocenters. The second-order valence-electron chi connectivity index (χ2n) is 7.17. The van der Waals surface area contributed by atoms with Gasteiger partial charge < -0.3 is 25.2 Å². The van der Waals surface area contributed by atoms with Gasteiger partial charge in [-0.3, -0.25) is 0 Å². The van der Waals surface area contributed by atoms with Crippen LogP contribution in [0.25, 0.3) is 10.9 Å². The highest BCUT2D eigenvalue weighted by atomic mass is 79.9. The molecule has 2 aliphatic heterocycles. The first-order valence-corrected chi connectivity index (χ1v) is 10.4. The predicted octanol–water partition coefficient (Wildman–Crippen LogP) is 4.67. The average molecular weight is 471 g/mol. The molecule has 2 aliphatic rings. The minimum Gasteiger partial charge on any atom is -0.512 e. The minimum absolute atomic E-state index is 0.0460. The van der Waals surface area contributed by atoms with E-state index in [-0.39, 0.29) is 18.1 Å². The van der Waals surface area contributed by atoms with E-state index in [0.717, 1.165) is 34.0 Å². The van der Waals surface area contributed by atoms with Crippen LogP contribution in [0.4, 0.5) is 5.82 Å². The van der Waals surface area contributed by atoms with Crippen molar-refractivity contribution < 1.29 is 14.6 Å². The Morgan fingerprint density at radius 1 is 1.47 bits per heavy atom. The molecule has 1 saturated heterocycles. The lowest BCUT2D eigenvalue weighted by molar-refractivity contribution is -0.0236. The fourth-order valence-corrected chi connectivity index (χ4v) is 3.94. The molecule has 156 valence electrons.